The normalized spacial score (nSPS) is 10.9. The zero-order valence-electron chi connectivity index (χ0n) is 12.5. The summed E-state index contributed by atoms with van der Waals surface area (Å²) in [6.45, 7) is 1.33. The summed E-state index contributed by atoms with van der Waals surface area (Å²) in [5, 5.41) is 13.4. The summed E-state index contributed by atoms with van der Waals surface area (Å²) in [4.78, 5) is 21.0. The van der Waals surface area contributed by atoms with Crippen molar-refractivity contribution in [2.24, 2.45) is 0 Å². The van der Waals surface area contributed by atoms with Gasteiger partial charge >= 0.3 is 0 Å². The number of rotatable bonds is 5. The van der Waals surface area contributed by atoms with Crippen LogP contribution in [-0.2, 0) is 14.8 Å². The number of carbonyl (C=O) groups excluding carboxylic acids is 1. The average Bonchev–Trinajstić information content (AvgIpc) is 2.48. The van der Waals surface area contributed by atoms with Crippen molar-refractivity contribution >= 4 is 38.7 Å². The van der Waals surface area contributed by atoms with Gasteiger partial charge in [0.2, 0.25) is 5.91 Å². The molecule has 24 heavy (non-hydrogen) atoms. The van der Waals surface area contributed by atoms with Crippen molar-refractivity contribution in [2.75, 3.05) is 15.8 Å². The van der Waals surface area contributed by atoms with Crippen LogP contribution in [0.5, 0.6) is 0 Å². The third-order valence-corrected chi connectivity index (χ3v) is 4.36. The van der Waals surface area contributed by atoms with Crippen molar-refractivity contribution in [3.8, 4) is 0 Å². The van der Waals surface area contributed by atoms with Crippen LogP contribution in [0, 0.1) is 10.1 Å². The summed E-state index contributed by atoms with van der Waals surface area (Å²) in [5.41, 5.74) is 5.47. The molecule has 0 fully saturated rings. The monoisotopic (exact) mass is 350 g/mol. The van der Waals surface area contributed by atoms with E-state index < -0.39 is 20.6 Å². The number of hydrogen-bond donors (Lipinski definition) is 3. The second-order valence-electron chi connectivity index (χ2n) is 4.84. The number of benzene rings is 2. The third kappa shape index (κ3) is 3.98. The zero-order valence-corrected chi connectivity index (χ0v) is 13.3. The Morgan fingerprint density at radius 3 is 2.25 bits per heavy atom. The Kier molecular flexibility index (Phi) is 4.69. The average molecular weight is 350 g/mol. The minimum absolute atomic E-state index is 0.0156. The molecule has 10 heteroatoms. The van der Waals surface area contributed by atoms with E-state index in [0.29, 0.717) is 5.69 Å². The van der Waals surface area contributed by atoms with Gasteiger partial charge in [-0.05, 0) is 36.4 Å². The van der Waals surface area contributed by atoms with Crippen LogP contribution < -0.4 is 15.8 Å². The van der Waals surface area contributed by atoms with Crippen molar-refractivity contribution in [2.45, 2.75) is 11.8 Å². The second kappa shape index (κ2) is 6.54. The predicted molar refractivity (Wildman–Crippen MR) is 89.1 cm³/mol. The number of hydrogen-bond acceptors (Lipinski definition) is 6. The molecule has 0 aliphatic heterocycles. The van der Waals surface area contributed by atoms with Gasteiger partial charge in [0, 0.05) is 18.7 Å². The second-order valence-corrected chi connectivity index (χ2v) is 6.52. The van der Waals surface area contributed by atoms with Gasteiger partial charge in [0.05, 0.1) is 15.5 Å². The van der Waals surface area contributed by atoms with E-state index in [1.807, 2.05) is 0 Å². The van der Waals surface area contributed by atoms with Gasteiger partial charge in [-0.15, -0.1) is 0 Å². The highest BCUT2D eigenvalue weighted by Crippen LogP contribution is 2.26. The number of nitrogens with one attached hydrogen (secondary N) is 2. The van der Waals surface area contributed by atoms with Gasteiger partial charge in [-0.2, -0.15) is 0 Å². The quantitative estimate of drug-likeness (QED) is 0.427. The van der Waals surface area contributed by atoms with Gasteiger partial charge in [0.15, 0.2) is 0 Å². The number of amides is 1. The molecule has 0 unspecified atom stereocenters. The summed E-state index contributed by atoms with van der Waals surface area (Å²) in [7, 11) is -3.94. The van der Waals surface area contributed by atoms with E-state index in [4.69, 9.17) is 5.73 Å². The van der Waals surface area contributed by atoms with Crippen LogP contribution in [0.2, 0.25) is 0 Å². The van der Waals surface area contributed by atoms with E-state index in [1.165, 1.54) is 43.3 Å². The number of sulfonamides is 1. The van der Waals surface area contributed by atoms with Gasteiger partial charge in [-0.1, -0.05) is 0 Å². The third-order valence-electron chi connectivity index (χ3n) is 2.96. The summed E-state index contributed by atoms with van der Waals surface area (Å²) >= 11 is 0. The number of carbonyl (C=O) groups is 1. The highest BCUT2D eigenvalue weighted by Gasteiger charge is 2.17. The highest BCUT2D eigenvalue weighted by molar-refractivity contribution is 7.92. The Morgan fingerprint density at radius 2 is 1.71 bits per heavy atom. The molecule has 2 aromatic carbocycles. The lowest BCUT2D eigenvalue weighted by Gasteiger charge is -2.09. The first-order valence-electron chi connectivity index (χ1n) is 6.63. The Bertz CT molecular complexity index is 894. The number of nitrogen functional groups attached to an aromatic ring is 1. The van der Waals surface area contributed by atoms with E-state index in [9.17, 15) is 23.3 Å². The molecular formula is C14H14N4O5S. The Balaban J connectivity index is 2.27. The van der Waals surface area contributed by atoms with E-state index in [-0.39, 0.29) is 22.2 Å². The van der Waals surface area contributed by atoms with Gasteiger partial charge in [0.25, 0.3) is 15.7 Å². The van der Waals surface area contributed by atoms with E-state index in [1.54, 1.807) is 0 Å². The molecule has 0 aliphatic carbocycles. The first kappa shape index (κ1) is 17.2. The molecule has 0 bridgehead atoms. The lowest BCUT2D eigenvalue weighted by atomic mass is 10.2. The van der Waals surface area contributed by atoms with Crippen molar-refractivity contribution in [3.05, 3.63) is 52.6 Å². The fraction of sp³-hybridized carbons (Fsp3) is 0.0714. The largest absolute Gasteiger partial charge is 0.393 e. The number of nitro groups is 1. The molecule has 2 rings (SSSR count). The SMILES string of the molecule is CC(=O)Nc1ccc(S(=O)(=O)Nc2ccc(N)c([N+](=O)[O-])c2)cc1. The summed E-state index contributed by atoms with van der Waals surface area (Å²) in [6.07, 6.45) is 0. The minimum atomic E-state index is -3.94. The minimum Gasteiger partial charge on any atom is -0.393 e. The van der Waals surface area contributed by atoms with Crippen LogP contribution in [0.25, 0.3) is 0 Å². The highest BCUT2D eigenvalue weighted by atomic mass is 32.2. The predicted octanol–water partition coefficient (Wildman–Crippen LogP) is 1.94. The molecular weight excluding hydrogens is 336 g/mol. The van der Waals surface area contributed by atoms with Crippen molar-refractivity contribution < 1.29 is 18.1 Å². The molecule has 0 spiro atoms. The summed E-state index contributed by atoms with van der Waals surface area (Å²) < 4.78 is 26.8. The lowest BCUT2D eigenvalue weighted by molar-refractivity contribution is -0.383. The molecule has 0 saturated heterocycles. The summed E-state index contributed by atoms with van der Waals surface area (Å²) in [6, 6.07) is 9.08. The van der Waals surface area contributed by atoms with Crippen LogP contribution >= 0.6 is 0 Å². The molecule has 0 saturated carbocycles. The van der Waals surface area contributed by atoms with Crippen LogP contribution in [0.4, 0.5) is 22.7 Å². The van der Waals surface area contributed by atoms with Gasteiger partial charge in [-0.25, -0.2) is 8.42 Å². The summed E-state index contributed by atoms with van der Waals surface area (Å²) in [5.74, 6) is -0.280. The van der Waals surface area contributed by atoms with Crippen molar-refractivity contribution in [1.82, 2.24) is 0 Å². The maximum atomic E-state index is 12.3. The topological polar surface area (TPSA) is 144 Å². The van der Waals surface area contributed by atoms with Gasteiger partial charge in [0.1, 0.15) is 5.69 Å². The van der Waals surface area contributed by atoms with Gasteiger partial charge < -0.3 is 11.1 Å². The zero-order chi connectivity index (χ0) is 17.9. The number of nitrogens with zero attached hydrogens (tertiary/aromatic N) is 1. The first-order chi connectivity index (χ1) is 11.2. The molecule has 0 heterocycles. The molecule has 0 aromatic heterocycles. The van der Waals surface area contributed by atoms with E-state index >= 15 is 0 Å². The van der Waals surface area contributed by atoms with Crippen LogP contribution in [0.15, 0.2) is 47.4 Å². The van der Waals surface area contributed by atoms with E-state index in [2.05, 4.69) is 10.0 Å². The Labute approximate surface area is 137 Å². The van der Waals surface area contributed by atoms with Crippen LogP contribution in [0.1, 0.15) is 6.92 Å². The standard InChI is InChI=1S/C14H14N4O5S/c1-9(19)16-10-2-5-12(6-3-10)24(22,23)17-11-4-7-13(15)14(8-11)18(20)21/h2-8,17H,15H2,1H3,(H,16,19). The molecule has 126 valence electrons. The number of nitrogens with two attached hydrogens (primary N) is 1. The molecule has 0 atom stereocenters. The van der Waals surface area contributed by atoms with Crippen LogP contribution in [-0.4, -0.2) is 19.2 Å². The molecule has 2 aromatic rings. The molecule has 0 aliphatic rings. The Hall–Kier alpha value is -3.14. The first-order valence-corrected chi connectivity index (χ1v) is 8.12. The maximum Gasteiger partial charge on any atom is 0.294 e. The van der Waals surface area contributed by atoms with Crippen LogP contribution in [0.3, 0.4) is 0 Å². The molecule has 0 radical (unpaired) electrons. The molecule has 1 amide bonds. The van der Waals surface area contributed by atoms with Crippen molar-refractivity contribution in [1.29, 1.82) is 0 Å². The smallest absolute Gasteiger partial charge is 0.294 e. The molecule has 4 N–H and O–H groups in total. The fourth-order valence-electron chi connectivity index (χ4n) is 1.90. The fourth-order valence-corrected chi connectivity index (χ4v) is 2.95. The maximum absolute atomic E-state index is 12.3. The van der Waals surface area contributed by atoms with Crippen molar-refractivity contribution in [3.63, 3.8) is 0 Å². The lowest BCUT2D eigenvalue weighted by Crippen LogP contribution is -2.13. The Morgan fingerprint density at radius 1 is 1.12 bits per heavy atom. The van der Waals surface area contributed by atoms with Gasteiger partial charge in [-0.3, -0.25) is 19.6 Å². The molecule has 9 nitrogen and oxygen atoms in total. The van der Waals surface area contributed by atoms with E-state index in [0.717, 1.165) is 6.07 Å². The number of anilines is 3. The number of nitro benzene ring substituents is 1.